The molecule has 3 nitrogen and oxygen atoms in total. The van der Waals surface area contributed by atoms with Crippen LogP contribution in [0.1, 0.15) is 31.0 Å². The lowest BCUT2D eigenvalue weighted by Gasteiger charge is -2.12. The van der Waals surface area contributed by atoms with Crippen molar-refractivity contribution in [1.29, 1.82) is 0 Å². The van der Waals surface area contributed by atoms with Crippen LogP contribution in [-0.2, 0) is 0 Å². The van der Waals surface area contributed by atoms with E-state index in [0.29, 0.717) is 0 Å². The van der Waals surface area contributed by atoms with Gasteiger partial charge in [-0.2, -0.15) is 0 Å². The summed E-state index contributed by atoms with van der Waals surface area (Å²) in [5, 5.41) is 4.17. The van der Waals surface area contributed by atoms with Crippen molar-refractivity contribution in [3.63, 3.8) is 0 Å². The van der Waals surface area contributed by atoms with Crippen molar-refractivity contribution in [1.82, 2.24) is 9.55 Å². The van der Waals surface area contributed by atoms with Crippen molar-refractivity contribution in [2.75, 3.05) is 11.9 Å². The number of benzene rings is 1. The van der Waals surface area contributed by atoms with Crippen LogP contribution in [0.5, 0.6) is 0 Å². The molecule has 2 aromatic rings. The van der Waals surface area contributed by atoms with E-state index in [-0.39, 0.29) is 0 Å². The van der Waals surface area contributed by atoms with E-state index in [4.69, 9.17) is 11.6 Å². The molecule has 102 valence electrons. The second-order valence-electron chi connectivity index (χ2n) is 4.74. The molecule has 0 spiro atoms. The fourth-order valence-electron chi connectivity index (χ4n) is 2.04. The third-order valence-corrected chi connectivity index (χ3v) is 3.55. The van der Waals surface area contributed by atoms with E-state index in [0.717, 1.165) is 40.9 Å². The predicted octanol–water partition coefficient (Wildman–Crippen LogP) is 4.35. The van der Waals surface area contributed by atoms with Crippen LogP contribution >= 0.6 is 11.6 Å². The fraction of sp³-hybridized carbons (Fsp3) is 0.400. The number of halogens is 1. The van der Waals surface area contributed by atoms with Gasteiger partial charge in [0.1, 0.15) is 0 Å². The quantitative estimate of drug-likeness (QED) is 0.823. The fourth-order valence-corrected chi connectivity index (χ4v) is 2.21. The van der Waals surface area contributed by atoms with Crippen molar-refractivity contribution in [3.8, 4) is 5.69 Å². The molecular formula is C15H20ClN3. The SMILES string of the molecule is CCCCNc1nc(C)cn1-c1cccc(Cl)c1C. The number of hydrogen-bond acceptors (Lipinski definition) is 2. The maximum absolute atomic E-state index is 6.20. The molecule has 0 aliphatic rings. The highest BCUT2D eigenvalue weighted by atomic mass is 35.5. The molecule has 0 saturated heterocycles. The maximum Gasteiger partial charge on any atom is 0.207 e. The van der Waals surface area contributed by atoms with Crippen molar-refractivity contribution in [2.24, 2.45) is 0 Å². The second-order valence-corrected chi connectivity index (χ2v) is 5.15. The zero-order valence-electron chi connectivity index (χ0n) is 11.7. The van der Waals surface area contributed by atoms with E-state index in [1.54, 1.807) is 0 Å². The third-order valence-electron chi connectivity index (χ3n) is 3.14. The Morgan fingerprint density at radius 3 is 2.84 bits per heavy atom. The Morgan fingerprint density at radius 2 is 2.11 bits per heavy atom. The Labute approximate surface area is 119 Å². The number of hydrogen-bond donors (Lipinski definition) is 1. The molecule has 0 atom stereocenters. The summed E-state index contributed by atoms with van der Waals surface area (Å²) in [6.45, 7) is 7.15. The molecule has 2 rings (SSSR count). The lowest BCUT2D eigenvalue weighted by molar-refractivity contribution is 0.822. The Hall–Kier alpha value is -1.48. The van der Waals surface area contributed by atoms with E-state index in [9.17, 15) is 0 Å². The van der Waals surface area contributed by atoms with Crippen LogP contribution in [0.15, 0.2) is 24.4 Å². The Balaban J connectivity index is 2.35. The summed E-state index contributed by atoms with van der Waals surface area (Å²) >= 11 is 6.20. The number of nitrogens with zero attached hydrogens (tertiary/aromatic N) is 2. The molecule has 0 saturated carbocycles. The molecule has 0 radical (unpaired) electrons. The number of anilines is 1. The third kappa shape index (κ3) is 3.10. The lowest BCUT2D eigenvalue weighted by Crippen LogP contribution is -2.08. The standard InChI is InChI=1S/C15H20ClN3/c1-4-5-9-17-15-18-11(2)10-19(15)14-8-6-7-13(16)12(14)3/h6-8,10H,4-5,9H2,1-3H3,(H,17,18). The zero-order chi connectivity index (χ0) is 13.8. The summed E-state index contributed by atoms with van der Waals surface area (Å²) in [7, 11) is 0. The molecule has 1 aromatic heterocycles. The number of unbranched alkanes of at least 4 members (excludes halogenated alkanes) is 1. The topological polar surface area (TPSA) is 29.9 Å². The lowest BCUT2D eigenvalue weighted by atomic mass is 10.2. The Bertz CT molecular complexity index is 561. The minimum absolute atomic E-state index is 0.781. The van der Waals surface area contributed by atoms with Crippen molar-refractivity contribution >= 4 is 17.5 Å². The van der Waals surface area contributed by atoms with E-state index in [1.165, 1.54) is 6.42 Å². The second kappa shape index (κ2) is 6.11. The molecule has 0 amide bonds. The largest absolute Gasteiger partial charge is 0.355 e. The van der Waals surface area contributed by atoms with Crippen molar-refractivity contribution in [2.45, 2.75) is 33.6 Å². The van der Waals surface area contributed by atoms with Gasteiger partial charge in [-0.25, -0.2) is 4.98 Å². The molecule has 0 fully saturated rings. The van der Waals surface area contributed by atoms with Gasteiger partial charge in [-0.15, -0.1) is 0 Å². The van der Waals surface area contributed by atoms with Gasteiger partial charge in [-0.05, 0) is 38.0 Å². The molecule has 0 unspecified atom stereocenters. The van der Waals surface area contributed by atoms with Crippen LogP contribution in [0.4, 0.5) is 5.95 Å². The molecule has 0 aliphatic heterocycles. The zero-order valence-corrected chi connectivity index (χ0v) is 12.5. The van der Waals surface area contributed by atoms with Gasteiger partial charge in [0.05, 0.1) is 11.4 Å². The first kappa shape index (κ1) is 13.9. The van der Waals surface area contributed by atoms with Gasteiger partial charge in [0, 0.05) is 17.8 Å². The average molecular weight is 278 g/mol. The normalized spacial score (nSPS) is 10.7. The number of aryl methyl sites for hydroxylation is 1. The number of rotatable bonds is 5. The summed E-state index contributed by atoms with van der Waals surface area (Å²) in [6.07, 6.45) is 4.34. The predicted molar refractivity (Wildman–Crippen MR) is 81.4 cm³/mol. The highest BCUT2D eigenvalue weighted by Gasteiger charge is 2.10. The van der Waals surface area contributed by atoms with Crippen LogP contribution in [-0.4, -0.2) is 16.1 Å². The molecule has 19 heavy (non-hydrogen) atoms. The van der Waals surface area contributed by atoms with Gasteiger partial charge in [0.2, 0.25) is 5.95 Å². The first-order valence-electron chi connectivity index (χ1n) is 6.68. The number of nitrogens with one attached hydrogen (secondary N) is 1. The highest BCUT2D eigenvalue weighted by Crippen LogP contribution is 2.25. The van der Waals surface area contributed by atoms with Crippen LogP contribution in [0.25, 0.3) is 5.69 Å². The summed E-state index contributed by atoms with van der Waals surface area (Å²) in [4.78, 5) is 4.54. The minimum atomic E-state index is 0.781. The maximum atomic E-state index is 6.20. The minimum Gasteiger partial charge on any atom is -0.355 e. The van der Waals surface area contributed by atoms with Gasteiger partial charge < -0.3 is 5.32 Å². The van der Waals surface area contributed by atoms with E-state index in [2.05, 4.69) is 27.9 Å². The first-order valence-corrected chi connectivity index (χ1v) is 7.06. The molecule has 0 bridgehead atoms. The Morgan fingerprint density at radius 1 is 1.32 bits per heavy atom. The number of aromatic nitrogens is 2. The van der Waals surface area contributed by atoms with Crippen LogP contribution in [0, 0.1) is 13.8 Å². The van der Waals surface area contributed by atoms with Gasteiger partial charge in [-0.3, -0.25) is 4.57 Å². The van der Waals surface area contributed by atoms with Gasteiger partial charge >= 0.3 is 0 Å². The summed E-state index contributed by atoms with van der Waals surface area (Å²) in [5.41, 5.74) is 3.14. The summed E-state index contributed by atoms with van der Waals surface area (Å²) in [5.74, 6) is 0.885. The molecule has 1 aromatic carbocycles. The van der Waals surface area contributed by atoms with Gasteiger partial charge in [0.15, 0.2) is 0 Å². The first-order chi connectivity index (χ1) is 9.13. The van der Waals surface area contributed by atoms with Crippen LogP contribution < -0.4 is 5.32 Å². The van der Waals surface area contributed by atoms with Crippen LogP contribution in [0.2, 0.25) is 5.02 Å². The van der Waals surface area contributed by atoms with Crippen LogP contribution in [0.3, 0.4) is 0 Å². The van der Waals surface area contributed by atoms with E-state index < -0.39 is 0 Å². The van der Waals surface area contributed by atoms with E-state index in [1.807, 2.05) is 32.2 Å². The van der Waals surface area contributed by atoms with Crippen molar-refractivity contribution in [3.05, 3.63) is 40.7 Å². The Kier molecular flexibility index (Phi) is 4.48. The average Bonchev–Trinajstić information content (AvgIpc) is 2.74. The molecule has 1 heterocycles. The molecule has 4 heteroatoms. The summed E-state index contributed by atoms with van der Waals surface area (Å²) in [6, 6.07) is 5.94. The smallest absolute Gasteiger partial charge is 0.207 e. The molecule has 0 aliphatic carbocycles. The van der Waals surface area contributed by atoms with E-state index >= 15 is 0 Å². The van der Waals surface area contributed by atoms with Gasteiger partial charge in [-0.1, -0.05) is 31.0 Å². The van der Waals surface area contributed by atoms with Crippen molar-refractivity contribution < 1.29 is 0 Å². The monoisotopic (exact) mass is 277 g/mol. The highest BCUT2D eigenvalue weighted by molar-refractivity contribution is 6.31. The molecular weight excluding hydrogens is 258 g/mol. The van der Waals surface area contributed by atoms with Gasteiger partial charge in [0.25, 0.3) is 0 Å². The number of imidazole rings is 1. The summed E-state index contributed by atoms with van der Waals surface area (Å²) < 4.78 is 2.08. The molecule has 1 N–H and O–H groups in total.